The maximum atomic E-state index is 11.9. The molecule has 13 heavy (non-hydrogen) atoms. The molecule has 0 saturated heterocycles. The van der Waals surface area contributed by atoms with Gasteiger partial charge >= 0.3 is 0 Å². The lowest BCUT2D eigenvalue weighted by atomic mass is 9.94. The van der Waals surface area contributed by atoms with Crippen molar-refractivity contribution in [1.82, 2.24) is 4.90 Å². The summed E-state index contributed by atoms with van der Waals surface area (Å²) in [7, 11) is 0. The number of halogens is 1. The molecule has 0 rings (SSSR count). The van der Waals surface area contributed by atoms with Gasteiger partial charge in [-0.3, -0.25) is 4.79 Å². The third-order valence-electron chi connectivity index (χ3n) is 1.66. The molecule has 3 heteroatoms. The lowest BCUT2D eigenvalue weighted by Gasteiger charge is -2.29. The van der Waals surface area contributed by atoms with Crippen molar-refractivity contribution in [3.8, 4) is 0 Å². The number of hydrogen-bond donors (Lipinski definition) is 0. The Hall–Kier alpha value is 0.200. The minimum atomic E-state index is -0.250. The van der Waals surface area contributed by atoms with Gasteiger partial charge in [-0.1, -0.05) is 57.2 Å². The number of carbonyl (C=O) groups is 1. The molecule has 0 atom stereocenters. The second kappa shape index (κ2) is 5.17. The fourth-order valence-corrected chi connectivity index (χ4v) is 1.69. The zero-order valence-corrected chi connectivity index (χ0v) is 11.4. The minimum Gasteiger partial charge on any atom is -0.333 e. The lowest BCUT2D eigenvalue weighted by molar-refractivity contribution is -0.138. The van der Waals surface area contributed by atoms with E-state index in [9.17, 15) is 4.79 Å². The van der Waals surface area contributed by atoms with Crippen molar-refractivity contribution in [2.75, 3.05) is 11.1 Å². The standard InChI is InChI=1S/C10H20INO/c1-8(2)6-12(7-11)9(13)10(3,4)5/h8H,6-7H2,1-5H3. The van der Waals surface area contributed by atoms with Crippen LogP contribution < -0.4 is 0 Å². The summed E-state index contributed by atoms with van der Waals surface area (Å²) in [6.45, 7) is 11.0. The second-order valence-electron chi connectivity index (χ2n) is 4.79. The van der Waals surface area contributed by atoms with Crippen LogP contribution in [0.5, 0.6) is 0 Å². The van der Waals surface area contributed by atoms with Gasteiger partial charge in [0.05, 0.1) is 4.55 Å². The zero-order valence-electron chi connectivity index (χ0n) is 9.22. The summed E-state index contributed by atoms with van der Waals surface area (Å²) < 4.78 is 0.784. The summed E-state index contributed by atoms with van der Waals surface area (Å²) in [6, 6.07) is 0. The molecule has 0 heterocycles. The zero-order chi connectivity index (χ0) is 10.6. The van der Waals surface area contributed by atoms with Crippen molar-refractivity contribution in [1.29, 1.82) is 0 Å². The van der Waals surface area contributed by atoms with Crippen LogP contribution in [-0.2, 0) is 4.79 Å². The van der Waals surface area contributed by atoms with Crippen LogP contribution >= 0.6 is 22.6 Å². The van der Waals surface area contributed by atoms with Gasteiger partial charge < -0.3 is 4.90 Å². The highest BCUT2D eigenvalue weighted by Gasteiger charge is 2.26. The highest BCUT2D eigenvalue weighted by atomic mass is 127. The molecule has 78 valence electrons. The Morgan fingerprint density at radius 2 is 1.85 bits per heavy atom. The monoisotopic (exact) mass is 297 g/mol. The summed E-state index contributed by atoms with van der Waals surface area (Å²) in [4.78, 5) is 13.8. The van der Waals surface area contributed by atoms with Gasteiger partial charge in [-0.25, -0.2) is 0 Å². The first-order valence-electron chi connectivity index (χ1n) is 4.64. The predicted octanol–water partition coefficient (Wildman–Crippen LogP) is 2.91. The van der Waals surface area contributed by atoms with Crippen LogP contribution in [0.15, 0.2) is 0 Å². The predicted molar refractivity (Wildman–Crippen MR) is 64.9 cm³/mol. The maximum Gasteiger partial charge on any atom is 0.228 e. The Bertz CT molecular complexity index is 172. The van der Waals surface area contributed by atoms with Crippen LogP contribution in [-0.4, -0.2) is 21.9 Å². The third-order valence-corrected chi connectivity index (χ3v) is 2.48. The molecule has 0 saturated carbocycles. The summed E-state index contributed by atoms with van der Waals surface area (Å²) in [5, 5.41) is 0. The average Bonchev–Trinajstić information content (AvgIpc) is 1.96. The van der Waals surface area contributed by atoms with E-state index in [0.29, 0.717) is 5.92 Å². The Balaban J connectivity index is 4.33. The molecular weight excluding hydrogens is 277 g/mol. The Kier molecular flexibility index (Phi) is 5.25. The van der Waals surface area contributed by atoms with Crippen molar-refractivity contribution in [3.05, 3.63) is 0 Å². The SMILES string of the molecule is CC(C)CN(CI)C(=O)C(C)(C)C. The fraction of sp³-hybridized carbons (Fsp3) is 0.900. The number of rotatable bonds is 3. The number of alkyl halides is 1. The van der Waals surface area contributed by atoms with Crippen LogP contribution in [0.1, 0.15) is 34.6 Å². The van der Waals surface area contributed by atoms with Gasteiger partial charge in [0.1, 0.15) is 0 Å². The molecule has 0 bridgehead atoms. The topological polar surface area (TPSA) is 20.3 Å². The molecule has 0 aliphatic heterocycles. The second-order valence-corrected chi connectivity index (χ2v) is 5.47. The van der Waals surface area contributed by atoms with E-state index in [1.807, 2.05) is 25.7 Å². The molecule has 0 N–H and O–H groups in total. The fourth-order valence-electron chi connectivity index (χ4n) is 1.10. The van der Waals surface area contributed by atoms with Crippen molar-refractivity contribution in [3.63, 3.8) is 0 Å². The Morgan fingerprint density at radius 1 is 1.38 bits per heavy atom. The Labute approximate surface area is 95.2 Å². The molecule has 0 aromatic heterocycles. The summed E-state index contributed by atoms with van der Waals surface area (Å²) in [6.07, 6.45) is 0. The smallest absolute Gasteiger partial charge is 0.228 e. The van der Waals surface area contributed by atoms with Gasteiger partial charge in [-0.15, -0.1) is 0 Å². The van der Waals surface area contributed by atoms with Crippen molar-refractivity contribution >= 4 is 28.5 Å². The van der Waals surface area contributed by atoms with Crippen molar-refractivity contribution in [2.45, 2.75) is 34.6 Å². The summed E-state index contributed by atoms with van der Waals surface area (Å²) >= 11 is 2.24. The number of amides is 1. The molecule has 0 aromatic carbocycles. The van der Waals surface area contributed by atoms with Gasteiger partial charge in [-0.05, 0) is 5.92 Å². The van der Waals surface area contributed by atoms with E-state index in [1.54, 1.807) is 0 Å². The van der Waals surface area contributed by atoms with E-state index in [1.165, 1.54) is 0 Å². The molecule has 0 fully saturated rings. The van der Waals surface area contributed by atoms with E-state index in [4.69, 9.17) is 0 Å². The average molecular weight is 297 g/mol. The van der Waals surface area contributed by atoms with Gasteiger partial charge in [0.15, 0.2) is 0 Å². The van der Waals surface area contributed by atoms with Gasteiger partial charge in [0.25, 0.3) is 0 Å². The Morgan fingerprint density at radius 3 is 2.08 bits per heavy atom. The normalized spacial score (nSPS) is 11.9. The molecule has 0 spiro atoms. The third kappa shape index (κ3) is 4.84. The first kappa shape index (κ1) is 13.2. The molecule has 0 aromatic rings. The van der Waals surface area contributed by atoms with E-state index in [-0.39, 0.29) is 11.3 Å². The van der Waals surface area contributed by atoms with E-state index in [2.05, 4.69) is 36.4 Å². The van der Waals surface area contributed by atoms with E-state index >= 15 is 0 Å². The molecular formula is C10H20INO. The van der Waals surface area contributed by atoms with Crippen LogP contribution in [0.3, 0.4) is 0 Å². The van der Waals surface area contributed by atoms with Crippen LogP contribution in [0.2, 0.25) is 0 Å². The van der Waals surface area contributed by atoms with Gasteiger partial charge in [-0.2, -0.15) is 0 Å². The van der Waals surface area contributed by atoms with Crippen molar-refractivity contribution in [2.24, 2.45) is 11.3 Å². The van der Waals surface area contributed by atoms with Crippen molar-refractivity contribution < 1.29 is 4.79 Å². The van der Waals surface area contributed by atoms with Crippen LogP contribution in [0, 0.1) is 11.3 Å². The quantitative estimate of drug-likeness (QED) is 0.445. The lowest BCUT2D eigenvalue weighted by Crippen LogP contribution is -2.40. The first-order valence-corrected chi connectivity index (χ1v) is 6.17. The van der Waals surface area contributed by atoms with E-state index < -0.39 is 0 Å². The van der Waals surface area contributed by atoms with Crippen LogP contribution in [0.4, 0.5) is 0 Å². The highest BCUT2D eigenvalue weighted by molar-refractivity contribution is 14.1. The molecule has 0 aliphatic rings. The van der Waals surface area contributed by atoms with Gasteiger partial charge in [0.2, 0.25) is 5.91 Å². The number of hydrogen-bond acceptors (Lipinski definition) is 1. The summed E-state index contributed by atoms with van der Waals surface area (Å²) in [5.74, 6) is 0.789. The largest absolute Gasteiger partial charge is 0.333 e. The number of nitrogens with zero attached hydrogens (tertiary/aromatic N) is 1. The maximum absolute atomic E-state index is 11.9. The molecule has 0 radical (unpaired) electrons. The summed E-state index contributed by atoms with van der Waals surface area (Å²) in [5.41, 5.74) is -0.250. The number of carbonyl (C=O) groups excluding carboxylic acids is 1. The molecule has 2 nitrogen and oxygen atoms in total. The minimum absolute atomic E-state index is 0.246. The molecule has 0 unspecified atom stereocenters. The van der Waals surface area contributed by atoms with E-state index in [0.717, 1.165) is 11.1 Å². The van der Waals surface area contributed by atoms with Gasteiger partial charge in [0, 0.05) is 12.0 Å². The highest BCUT2D eigenvalue weighted by Crippen LogP contribution is 2.18. The molecule has 0 aliphatic carbocycles. The van der Waals surface area contributed by atoms with Crippen LogP contribution in [0.25, 0.3) is 0 Å². The first-order chi connectivity index (χ1) is 5.79. The molecule has 1 amide bonds.